The summed E-state index contributed by atoms with van der Waals surface area (Å²) < 4.78 is 12.2. The Balaban J connectivity index is 1.62. The largest absolute Gasteiger partial charge is 0.444 e. The average molecular weight is 405 g/mol. The van der Waals surface area contributed by atoms with Gasteiger partial charge in [-0.05, 0) is 19.9 Å². The highest BCUT2D eigenvalue weighted by Gasteiger charge is 2.27. The Kier molecular flexibility index (Phi) is 5.01. The Bertz CT molecular complexity index is 1230. The molecule has 4 aromatic rings. The van der Waals surface area contributed by atoms with Crippen molar-refractivity contribution in [3.05, 3.63) is 71.2 Å². The van der Waals surface area contributed by atoms with Crippen LogP contribution in [0.1, 0.15) is 33.5 Å². The summed E-state index contributed by atoms with van der Waals surface area (Å²) in [4.78, 5) is 30.0. The molecular weight excluding hydrogens is 386 g/mol. The molecule has 4 rings (SSSR count). The van der Waals surface area contributed by atoms with Crippen molar-refractivity contribution < 1.29 is 18.8 Å². The Morgan fingerprint density at radius 2 is 1.93 bits per heavy atom. The molecule has 0 aliphatic heterocycles. The van der Waals surface area contributed by atoms with E-state index in [1.165, 1.54) is 6.20 Å². The molecule has 0 spiro atoms. The first-order valence-electron chi connectivity index (χ1n) is 9.22. The van der Waals surface area contributed by atoms with E-state index in [0.29, 0.717) is 17.0 Å². The van der Waals surface area contributed by atoms with Gasteiger partial charge < -0.3 is 14.6 Å². The fourth-order valence-electron chi connectivity index (χ4n) is 3.11. The van der Waals surface area contributed by atoms with Crippen LogP contribution in [-0.4, -0.2) is 31.8 Å². The highest BCUT2D eigenvalue weighted by atomic mass is 16.5. The third-order valence-electron chi connectivity index (χ3n) is 4.54. The number of aromatic nitrogens is 4. The number of benzene rings is 1. The van der Waals surface area contributed by atoms with E-state index in [2.05, 4.69) is 20.6 Å². The minimum atomic E-state index is -1.18. The summed E-state index contributed by atoms with van der Waals surface area (Å²) in [6.45, 7) is 3.54. The molecule has 3 heterocycles. The van der Waals surface area contributed by atoms with Gasteiger partial charge in [0.1, 0.15) is 5.76 Å². The van der Waals surface area contributed by atoms with Gasteiger partial charge in [0.05, 0.1) is 11.3 Å². The summed E-state index contributed by atoms with van der Waals surface area (Å²) in [5.41, 5.74) is 2.15. The molecule has 0 bridgehead atoms. The van der Waals surface area contributed by atoms with Gasteiger partial charge in [0.2, 0.25) is 6.10 Å². The van der Waals surface area contributed by atoms with Gasteiger partial charge in [-0.15, -0.1) is 0 Å². The summed E-state index contributed by atoms with van der Waals surface area (Å²) in [5.74, 6) is -0.434. The van der Waals surface area contributed by atoms with Crippen molar-refractivity contribution in [1.82, 2.24) is 19.9 Å². The maximum absolute atomic E-state index is 12.9. The lowest BCUT2D eigenvalue weighted by atomic mass is 10.1. The summed E-state index contributed by atoms with van der Waals surface area (Å²) >= 11 is 0. The monoisotopic (exact) mass is 405 g/mol. The topological polar surface area (TPSA) is 112 Å². The molecule has 9 nitrogen and oxygen atoms in total. The number of anilines is 1. The number of esters is 1. The highest BCUT2D eigenvalue weighted by Crippen LogP contribution is 2.23. The van der Waals surface area contributed by atoms with Crippen molar-refractivity contribution in [3.63, 3.8) is 0 Å². The zero-order valence-electron chi connectivity index (χ0n) is 16.6. The maximum Gasteiger partial charge on any atom is 0.340 e. The van der Waals surface area contributed by atoms with E-state index in [1.807, 2.05) is 13.0 Å². The van der Waals surface area contributed by atoms with Crippen molar-refractivity contribution in [2.24, 2.45) is 7.05 Å². The van der Waals surface area contributed by atoms with Crippen molar-refractivity contribution in [2.45, 2.75) is 20.0 Å². The Labute approximate surface area is 171 Å². The molecule has 152 valence electrons. The fourth-order valence-corrected chi connectivity index (χ4v) is 3.11. The molecule has 9 heteroatoms. The summed E-state index contributed by atoms with van der Waals surface area (Å²) in [6.07, 6.45) is 0.230. The molecule has 1 atom stereocenters. The number of rotatable bonds is 5. The van der Waals surface area contributed by atoms with Gasteiger partial charge in [-0.25, -0.2) is 9.78 Å². The summed E-state index contributed by atoms with van der Waals surface area (Å²) in [7, 11) is 1.78. The Morgan fingerprint density at radius 1 is 1.17 bits per heavy atom. The molecule has 0 radical (unpaired) electrons. The van der Waals surface area contributed by atoms with Crippen LogP contribution in [0.3, 0.4) is 0 Å². The van der Waals surface area contributed by atoms with Gasteiger partial charge in [-0.3, -0.25) is 9.48 Å². The number of nitrogens with zero attached hydrogens (tertiary/aromatic N) is 4. The van der Waals surface area contributed by atoms with Crippen LogP contribution in [0.2, 0.25) is 0 Å². The predicted molar refractivity (Wildman–Crippen MR) is 108 cm³/mol. The second kappa shape index (κ2) is 7.78. The minimum Gasteiger partial charge on any atom is -0.444 e. The predicted octanol–water partition coefficient (Wildman–Crippen LogP) is 3.11. The van der Waals surface area contributed by atoms with Crippen LogP contribution in [0.25, 0.3) is 11.0 Å². The molecule has 0 saturated heterocycles. The lowest BCUT2D eigenvalue weighted by molar-refractivity contribution is -0.125. The molecule has 0 saturated carbocycles. The minimum absolute atomic E-state index is 0.226. The third-order valence-corrected chi connectivity index (χ3v) is 4.54. The van der Waals surface area contributed by atoms with Gasteiger partial charge in [0, 0.05) is 30.3 Å². The Morgan fingerprint density at radius 3 is 2.63 bits per heavy atom. The van der Waals surface area contributed by atoms with Crippen LogP contribution < -0.4 is 5.32 Å². The molecule has 30 heavy (non-hydrogen) atoms. The quantitative estimate of drug-likeness (QED) is 0.508. The average Bonchev–Trinajstić information content (AvgIpc) is 3.28. The first kappa shape index (κ1) is 19.3. The number of hydrogen-bond acceptors (Lipinski definition) is 7. The van der Waals surface area contributed by atoms with Gasteiger partial charge in [-0.1, -0.05) is 35.5 Å². The molecular formula is C21H19N5O4. The number of pyridine rings is 1. The standard InChI is InChI=1S/C21H19N5O4/c1-12-9-17(25-30-12)23-20(27)18(14-7-5-4-6-8-14)29-21(28)15-10-16-13(2)24-26(3)19(16)22-11-15/h4-11,18H,1-3H3,(H,23,25,27). The SMILES string of the molecule is Cc1cc(NC(=O)C(OC(=O)c2cnc3c(c2)c(C)nn3C)c2ccccc2)no1. The fraction of sp³-hybridized carbons (Fsp3) is 0.190. The first-order valence-corrected chi connectivity index (χ1v) is 9.22. The molecule has 0 aliphatic carbocycles. The van der Waals surface area contributed by atoms with Crippen molar-refractivity contribution in [2.75, 3.05) is 5.32 Å². The number of aryl methyl sites for hydroxylation is 3. The van der Waals surface area contributed by atoms with Crippen molar-refractivity contribution >= 4 is 28.7 Å². The lowest BCUT2D eigenvalue weighted by Crippen LogP contribution is -2.26. The number of ether oxygens (including phenoxy) is 1. The number of nitrogens with one attached hydrogen (secondary N) is 1. The molecule has 3 aromatic heterocycles. The number of amides is 1. The van der Waals surface area contributed by atoms with Crippen LogP contribution in [0.5, 0.6) is 0 Å². The number of fused-ring (bicyclic) bond motifs is 1. The van der Waals surface area contributed by atoms with Crippen LogP contribution in [0, 0.1) is 13.8 Å². The van der Waals surface area contributed by atoms with Gasteiger partial charge >= 0.3 is 5.97 Å². The smallest absolute Gasteiger partial charge is 0.340 e. The van der Waals surface area contributed by atoms with Crippen LogP contribution in [-0.2, 0) is 16.6 Å². The van der Waals surface area contributed by atoms with Crippen molar-refractivity contribution in [1.29, 1.82) is 0 Å². The Hall–Kier alpha value is -4.01. The van der Waals surface area contributed by atoms with Gasteiger partial charge in [-0.2, -0.15) is 5.10 Å². The highest BCUT2D eigenvalue weighted by molar-refractivity contribution is 5.98. The molecule has 0 aliphatic rings. The zero-order chi connectivity index (χ0) is 21.3. The van der Waals surface area contributed by atoms with E-state index in [9.17, 15) is 9.59 Å². The van der Waals surface area contributed by atoms with Gasteiger partial charge in [0.25, 0.3) is 5.91 Å². The summed E-state index contributed by atoms with van der Waals surface area (Å²) in [6, 6.07) is 12.0. The normalized spacial score (nSPS) is 12.0. The number of hydrogen-bond donors (Lipinski definition) is 1. The zero-order valence-corrected chi connectivity index (χ0v) is 16.6. The number of carbonyl (C=O) groups excluding carboxylic acids is 2. The first-order chi connectivity index (χ1) is 14.4. The summed E-state index contributed by atoms with van der Waals surface area (Å²) in [5, 5.41) is 11.4. The second-order valence-corrected chi connectivity index (χ2v) is 6.81. The second-order valence-electron chi connectivity index (χ2n) is 6.81. The van der Waals surface area contributed by atoms with E-state index in [4.69, 9.17) is 9.26 Å². The van der Waals surface area contributed by atoms with E-state index in [0.717, 1.165) is 11.1 Å². The maximum atomic E-state index is 12.9. The van der Waals surface area contributed by atoms with Crippen molar-refractivity contribution in [3.8, 4) is 0 Å². The van der Waals surface area contributed by atoms with Crippen LogP contribution in [0.15, 0.2) is 53.2 Å². The van der Waals surface area contributed by atoms with Crippen LogP contribution in [0.4, 0.5) is 5.82 Å². The van der Waals surface area contributed by atoms with E-state index in [-0.39, 0.29) is 11.4 Å². The third kappa shape index (κ3) is 3.77. The van der Waals surface area contributed by atoms with Crippen LogP contribution >= 0.6 is 0 Å². The van der Waals surface area contributed by atoms with E-state index in [1.54, 1.807) is 55.1 Å². The molecule has 1 amide bonds. The van der Waals surface area contributed by atoms with E-state index < -0.39 is 18.0 Å². The van der Waals surface area contributed by atoms with Gasteiger partial charge in [0.15, 0.2) is 11.5 Å². The lowest BCUT2D eigenvalue weighted by Gasteiger charge is -2.17. The molecule has 1 aromatic carbocycles. The molecule has 0 fully saturated rings. The molecule has 1 unspecified atom stereocenters. The van der Waals surface area contributed by atoms with E-state index >= 15 is 0 Å². The number of carbonyl (C=O) groups is 2. The molecule has 1 N–H and O–H groups in total.